The number of aliphatic carboxylic acids is 1. The Balaban J connectivity index is 0.000000701. The maximum Gasteiger partial charge on any atom is 0.312 e. The van der Waals surface area contributed by atoms with Crippen LogP contribution in [0.2, 0.25) is 0 Å². The molecule has 0 aliphatic carbocycles. The lowest BCUT2D eigenvalue weighted by Crippen LogP contribution is -2.55. The molecule has 1 fully saturated rings. The third-order valence-electron chi connectivity index (χ3n) is 4.56. The Kier molecular flexibility index (Phi) is 5.92. The first-order chi connectivity index (χ1) is 12.0. The predicted molar refractivity (Wildman–Crippen MR) is 89.5 cm³/mol. The van der Waals surface area contributed by atoms with Crippen LogP contribution in [0, 0.1) is 5.41 Å². The summed E-state index contributed by atoms with van der Waals surface area (Å²) in [7, 11) is 0. The summed E-state index contributed by atoms with van der Waals surface area (Å²) in [6, 6.07) is 5.63. The molecule has 0 radical (unpaired) electrons. The molecular weight excluding hydrogens is 328 g/mol. The fraction of sp³-hybridized carbons (Fsp3) is 0.500. The van der Waals surface area contributed by atoms with Crippen molar-refractivity contribution in [2.75, 3.05) is 18.0 Å². The second-order valence-electron chi connectivity index (χ2n) is 5.96. The van der Waals surface area contributed by atoms with E-state index >= 15 is 0 Å². The standard InChI is InChI=1S/C15H20N4O3.CH2O2/c1-2-6-15(13(21)22)7-9-18(10-11(15)20)14-17-16-12-5-3-4-8-19(12)14;2-1-3/h3-5,8,11,20H,2,6-7,9-10H2,1H3,(H,21,22);1H,(H,2,3)/t11-,15-;/m0./s1. The van der Waals surface area contributed by atoms with E-state index in [9.17, 15) is 15.0 Å². The highest BCUT2D eigenvalue weighted by Crippen LogP contribution is 2.37. The highest BCUT2D eigenvalue weighted by atomic mass is 16.4. The first kappa shape index (κ1) is 18.7. The third kappa shape index (κ3) is 3.55. The second-order valence-corrected chi connectivity index (χ2v) is 5.96. The molecule has 3 rings (SSSR count). The Morgan fingerprint density at radius 1 is 1.44 bits per heavy atom. The Morgan fingerprint density at radius 2 is 2.16 bits per heavy atom. The Bertz CT molecular complexity index is 734. The van der Waals surface area contributed by atoms with Crippen molar-refractivity contribution in [2.45, 2.75) is 32.3 Å². The van der Waals surface area contributed by atoms with E-state index in [4.69, 9.17) is 9.90 Å². The van der Waals surface area contributed by atoms with Crippen LogP contribution >= 0.6 is 0 Å². The highest BCUT2D eigenvalue weighted by Gasteiger charge is 2.48. The fourth-order valence-electron chi connectivity index (χ4n) is 3.30. The summed E-state index contributed by atoms with van der Waals surface area (Å²) in [5.41, 5.74) is -0.318. The van der Waals surface area contributed by atoms with Crippen molar-refractivity contribution in [3.8, 4) is 0 Å². The monoisotopic (exact) mass is 350 g/mol. The molecule has 1 aliphatic rings. The van der Waals surface area contributed by atoms with Gasteiger partial charge in [-0.25, -0.2) is 0 Å². The smallest absolute Gasteiger partial charge is 0.312 e. The molecule has 25 heavy (non-hydrogen) atoms. The minimum atomic E-state index is -1.05. The normalized spacial score (nSPS) is 23.0. The summed E-state index contributed by atoms with van der Waals surface area (Å²) in [6.45, 7) is 2.48. The summed E-state index contributed by atoms with van der Waals surface area (Å²) >= 11 is 0. The van der Waals surface area contributed by atoms with Gasteiger partial charge in [0.2, 0.25) is 5.95 Å². The van der Waals surface area contributed by atoms with E-state index in [1.54, 1.807) is 0 Å². The van der Waals surface area contributed by atoms with Gasteiger partial charge in [0.15, 0.2) is 5.65 Å². The maximum atomic E-state index is 11.7. The first-order valence-electron chi connectivity index (χ1n) is 8.04. The van der Waals surface area contributed by atoms with E-state index in [2.05, 4.69) is 10.2 Å². The third-order valence-corrected chi connectivity index (χ3v) is 4.56. The van der Waals surface area contributed by atoms with Gasteiger partial charge in [0.1, 0.15) is 0 Å². The van der Waals surface area contributed by atoms with Gasteiger partial charge in [-0.05, 0) is 25.0 Å². The lowest BCUT2D eigenvalue weighted by Gasteiger charge is -2.42. The first-order valence-corrected chi connectivity index (χ1v) is 8.04. The molecule has 1 saturated heterocycles. The van der Waals surface area contributed by atoms with Gasteiger partial charge in [-0.1, -0.05) is 19.4 Å². The maximum absolute atomic E-state index is 11.7. The molecule has 2 aromatic heterocycles. The van der Waals surface area contributed by atoms with Crippen molar-refractivity contribution >= 4 is 24.0 Å². The summed E-state index contributed by atoms with van der Waals surface area (Å²) < 4.78 is 1.85. The number of nitrogens with zero attached hydrogens (tertiary/aromatic N) is 4. The molecule has 3 N–H and O–H groups in total. The van der Waals surface area contributed by atoms with E-state index in [0.29, 0.717) is 25.3 Å². The van der Waals surface area contributed by atoms with Crippen LogP contribution in [0.5, 0.6) is 0 Å². The molecule has 0 bridgehead atoms. The fourth-order valence-corrected chi connectivity index (χ4v) is 3.30. The van der Waals surface area contributed by atoms with Crippen LogP contribution < -0.4 is 4.90 Å². The molecule has 1 aliphatic heterocycles. The van der Waals surface area contributed by atoms with Crippen molar-refractivity contribution in [3.05, 3.63) is 24.4 Å². The SMILES string of the molecule is CCC[C@]1(C(=O)O)CCN(c2nnc3ccccn23)C[C@@H]1O.O=CO. The number of β-amino-alcohol motifs (C(OH)–C–C–N with tert-alkyl or cyclic N) is 1. The number of carbonyl (C=O) groups is 2. The van der Waals surface area contributed by atoms with E-state index in [1.807, 2.05) is 40.6 Å². The van der Waals surface area contributed by atoms with Gasteiger partial charge >= 0.3 is 5.97 Å². The molecule has 0 spiro atoms. The number of anilines is 1. The molecule has 3 heterocycles. The van der Waals surface area contributed by atoms with Crippen LogP contribution in [0.1, 0.15) is 26.2 Å². The van der Waals surface area contributed by atoms with Gasteiger partial charge in [0.25, 0.3) is 6.47 Å². The number of aliphatic hydroxyl groups excluding tert-OH is 1. The number of hydrogen-bond donors (Lipinski definition) is 3. The highest BCUT2D eigenvalue weighted by molar-refractivity contribution is 5.76. The summed E-state index contributed by atoms with van der Waals surface area (Å²) in [4.78, 5) is 21.9. The van der Waals surface area contributed by atoms with Gasteiger partial charge < -0.3 is 20.2 Å². The topological polar surface area (TPSA) is 128 Å². The number of aliphatic hydroxyl groups is 1. The molecule has 0 aromatic carbocycles. The van der Waals surface area contributed by atoms with E-state index in [1.165, 1.54) is 0 Å². The molecule has 136 valence electrons. The average molecular weight is 350 g/mol. The zero-order valence-corrected chi connectivity index (χ0v) is 13.9. The Hall–Kier alpha value is -2.68. The Morgan fingerprint density at radius 3 is 2.76 bits per heavy atom. The summed E-state index contributed by atoms with van der Waals surface area (Å²) in [6.07, 6.45) is 2.56. The van der Waals surface area contributed by atoms with Gasteiger partial charge in [0.05, 0.1) is 11.5 Å². The quantitative estimate of drug-likeness (QED) is 0.693. The van der Waals surface area contributed by atoms with Gasteiger partial charge in [-0.2, -0.15) is 0 Å². The molecule has 2 aromatic rings. The number of hydrogen-bond acceptors (Lipinski definition) is 6. The summed E-state index contributed by atoms with van der Waals surface area (Å²) in [5, 5.41) is 35.2. The number of carboxylic acids is 1. The van der Waals surface area contributed by atoms with Crippen molar-refractivity contribution in [3.63, 3.8) is 0 Å². The average Bonchev–Trinajstić information content (AvgIpc) is 3.01. The van der Waals surface area contributed by atoms with Gasteiger partial charge in [-0.3, -0.25) is 14.0 Å². The number of aromatic nitrogens is 3. The van der Waals surface area contributed by atoms with Crippen molar-refractivity contribution in [1.29, 1.82) is 0 Å². The zero-order chi connectivity index (χ0) is 18.4. The van der Waals surface area contributed by atoms with Crippen LogP contribution in [0.4, 0.5) is 5.95 Å². The Labute approximate surface area is 144 Å². The van der Waals surface area contributed by atoms with Crippen LogP contribution in [0.15, 0.2) is 24.4 Å². The summed E-state index contributed by atoms with van der Waals surface area (Å²) in [5.74, 6) is -0.266. The van der Waals surface area contributed by atoms with E-state index in [-0.39, 0.29) is 13.0 Å². The van der Waals surface area contributed by atoms with Crippen molar-refractivity contribution in [2.24, 2.45) is 5.41 Å². The largest absolute Gasteiger partial charge is 0.483 e. The lowest BCUT2D eigenvalue weighted by molar-refractivity contribution is -0.159. The minimum absolute atomic E-state index is 0.250. The molecular formula is C16H22N4O5. The van der Waals surface area contributed by atoms with Crippen LogP contribution in [0.25, 0.3) is 5.65 Å². The van der Waals surface area contributed by atoms with Crippen LogP contribution in [-0.4, -0.2) is 61.6 Å². The lowest BCUT2D eigenvalue weighted by atomic mass is 9.73. The van der Waals surface area contributed by atoms with Crippen molar-refractivity contribution < 1.29 is 24.9 Å². The molecule has 0 amide bonds. The van der Waals surface area contributed by atoms with E-state index in [0.717, 1.165) is 12.1 Å². The molecule has 9 heteroatoms. The number of rotatable bonds is 4. The van der Waals surface area contributed by atoms with Crippen molar-refractivity contribution in [1.82, 2.24) is 14.6 Å². The van der Waals surface area contributed by atoms with Crippen LogP contribution in [-0.2, 0) is 9.59 Å². The number of carboxylic acid groups (broad SMARTS) is 2. The van der Waals surface area contributed by atoms with Gasteiger partial charge in [-0.15, -0.1) is 10.2 Å². The van der Waals surface area contributed by atoms with E-state index < -0.39 is 17.5 Å². The zero-order valence-electron chi connectivity index (χ0n) is 13.9. The molecule has 0 unspecified atom stereocenters. The van der Waals surface area contributed by atoms with Gasteiger partial charge in [0, 0.05) is 19.3 Å². The molecule has 0 saturated carbocycles. The number of piperidine rings is 1. The number of fused-ring (bicyclic) bond motifs is 1. The second kappa shape index (κ2) is 7.93. The molecule has 2 atom stereocenters. The molecule has 9 nitrogen and oxygen atoms in total. The number of pyridine rings is 1. The minimum Gasteiger partial charge on any atom is -0.483 e. The predicted octanol–water partition coefficient (Wildman–Crippen LogP) is 0.872. The van der Waals surface area contributed by atoms with Crippen LogP contribution in [0.3, 0.4) is 0 Å².